The van der Waals surface area contributed by atoms with Crippen molar-refractivity contribution in [2.45, 2.75) is 11.8 Å². The topological polar surface area (TPSA) is 110 Å². The Morgan fingerprint density at radius 2 is 1.86 bits per heavy atom. The number of carbonyl (C=O) groups is 1. The maximum Gasteiger partial charge on any atom is 0.264 e. The number of ether oxygens (including phenoxy) is 2. The molecular weight excluding hydrogens is 470 g/mol. The summed E-state index contributed by atoms with van der Waals surface area (Å²) in [7, 11) is -2.56. The van der Waals surface area contributed by atoms with E-state index < -0.39 is 15.9 Å². The number of hydrogen-bond acceptors (Lipinski definition) is 7. The summed E-state index contributed by atoms with van der Waals surface area (Å²) >= 11 is 0. The highest BCUT2D eigenvalue weighted by atomic mass is 32.2. The lowest BCUT2D eigenvalue weighted by atomic mass is 10.2. The van der Waals surface area contributed by atoms with E-state index in [0.717, 1.165) is 5.76 Å². The third-order valence-electron chi connectivity index (χ3n) is 5.38. The number of hydrogen-bond donors (Lipinski definition) is 2. The maximum absolute atomic E-state index is 13.5. The van der Waals surface area contributed by atoms with Gasteiger partial charge in [-0.1, -0.05) is 12.1 Å². The van der Waals surface area contributed by atoms with Crippen molar-refractivity contribution in [2.75, 3.05) is 48.4 Å². The molecule has 0 radical (unpaired) electrons. The summed E-state index contributed by atoms with van der Waals surface area (Å²) in [4.78, 5) is 14.5. The number of aryl methyl sites for hydroxylation is 1. The van der Waals surface area contributed by atoms with Crippen LogP contribution in [0, 0.1) is 6.92 Å². The summed E-state index contributed by atoms with van der Waals surface area (Å²) in [6, 6.07) is 15.1. The molecule has 1 amide bonds. The molecule has 0 saturated carbocycles. The second-order valence-electron chi connectivity index (χ2n) is 7.86. The summed E-state index contributed by atoms with van der Waals surface area (Å²) < 4.78 is 45.8. The normalized spacial score (nSPS) is 14.2. The smallest absolute Gasteiger partial charge is 0.264 e. The van der Waals surface area contributed by atoms with Gasteiger partial charge in [0, 0.05) is 24.9 Å². The molecule has 0 unspecified atom stereocenters. The summed E-state index contributed by atoms with van der Waals surface area (Å²) in [6.07, 6.45) is 2.88. The van der Waals surface area contributed by atoms with Crippen molar-refractivity contribution >= 4 is 39.1 Å². The van der Waals surface area contributed by atoms with Gasteiger partial charge in [-0.25, -0.2) is 8.42 Å². The maximum atomic E-state index is 13.5. The molecule has 10 heteroatoms. The van der Waals surface area contributed by atoms with Gasteiger partial charge in [0.25, 0.3) is 10.0 Å². The number of morpholine rings is 1. The highest BCUT2D eigenvalue weighted by Gasteiger charge is 2.25. The third-order valence-corrected chi connectivity index (χ3v) is 6.77. The van der Waals surface area contributed by atoms with Crippen LogP contribution in [0.5, 0.6) is 5.75 Å². The van der Waals surface area contributed by atoms with Gasteiger partial charge in [-0.3, -0.25) is 9.52 Å². The Labute approximate surface area is 204 Å². The summed E-state index contributed by atoms with van der Waals surface area (Å²) in [5.41, 5.74) is 1.18. The Morgan fingerprint density at radius 1 is 1.09 bits per heavy atom. The van der Waals surface area contributed by atoms with E-state index in [4.69, 9.17) is 13.9 Å². The Bertz CT molecular complexity index is 1330. The average Bonchev–Trinajstić information content (AvgIpc) is 3.28. The SMILES string of the molecule is COc1ccccc1NS(=O)(=O)c1cc(NC(=O)/C=C/c2ccc(C)o2)ccc1N1CCOCC1. The molecule has 9 nitrogen and oxygen atoms in total. The van der Waals surface area contributed by atoms with Crippen LogP contribution >= 0.6 is 0 Å². The fraction of sp³-hybridized carbons (Fsp3) is 0.240. The Balaban J connectivity index is 1.64. The summed E-state index contributed by atoms with van der Waals surface area (Å²) in [5, 5.41) is 2.72. The minimum atomic E-state index is -4.03. The van der Waals surface area contributed by atoms with E-state index >= 15 is 0 Å². The number of anilines is 3. The van der Waals surface area contributed by atoms with Gasteiger partial charge in [0.1, 0.15) is 22.2 Å². The standard InChI is InChI=1S/C25H27N3O6S/c1-18-7-9-20(34-18)10-12-25(29)26-19-8-11-22(28-13-15-33-16-14-28)24(17-19)35(30,31)27-21-5-3-4-6-23(21)32-2/h3-12,17,27H,13-16H2,1-2H3,(H,26,29)/b12-10+. The van der Waals surface area contributed by atoms with Crippen LogP contribution in [0.25, 0.3) is 6.08 Å². The molecule has 1 aliphatic heterocycles. The van der Waals surface area contributed by atoms with Gasteiger partial charge in [0.05, 0.1) is 31.7 Å². The number of methoxy groups -OCH3 is 1. The van der Waals surface area contributed by atoms with Crippen molar-refractivity contribution in [3.63, 3.8) is 0 Å². The average molecular weight is 498 g/mol. The molecule has 0 aliphatic carbocycles. The van der Waals surface area contributed by atoms with Crippen molar-refractivity contribution in [2.24, 2.45) is 0 Å². The van der Waals surface area contributed by atoms with Gasteiger partial charge in [-0.05, 0) is 55.5 Å². The molecule has 1 saturated heterocycles. The molecule has 35 heavy (non-hydrogen) atoms. The van der Waals surface area contributed by atoms with Crippen LogP contribution in [0.1, 0.15) is 11.5 Å². The first-order chi connectivity index (χ1) is 16.9. The van der Waals surface area contributed by atoms with E-state index in [2.05, 4.69) is 10.0 Å². The molecule has 2 heterocycles. The van der Waals surface area contributed by atoms with E-state index in [-0.39, 0.29) is 4.90 Å². The van der Waals surface area contributed by atoms with Crippen molar-refractivity contribution in [3.05, 3.63) is 72.2 Å². The molecule has 184 valence electrons. The molecule has 0 spiro atoms. The lowest BCUT2D eigenvalue weighted by Gasteiger charge is -2.30. The van der Waals surface area contributed by atoms with Crippen molar-refractivity contribution < 1.29 is 27.1 Å². The van der Waals surface area contributed by atoms with Crippen molar-refractivity contribution in [3.8, 4) is 5.75 Å². The van der Waals surface area contributed by atoms with E-state index in [1.807, 2.05) is 11.8 Å². The van der Waals surface area contributed by atoms with Crippen LogP contribution in [-0.2, 0) is 19.6 Å². The van der Waals surface area contributed by atoms with Gasteiger partial charge < -0.3 is 24.1 Å². The molecular formula is C25H27N3O6S. The highest BCUT2D eigenvalue weighted by molar-refractivity contribution is 7.93. The number of amides is 1. The first kappa shape index (κ1) is 24.4. The van der Waals surface area contributed by atoms with Crippen molar-refractivity contribution in [1.29, 1.82) is 0 Å². The highest BCUT2D eigenvalue weighted by Crippen LogP contribution is 2.33. The minimum Gasteiger partial charge on any atom is -0.495 e. The minimum absolute atomic E-state index is 0.0359. The molecule has 2 N–H and O–H groups in total. The monoisotopic (exact) mass is 497 g/mol. The largest absolute Gasteiger partial charge is 0.495 e. The number of para-hydroxylation sites is 2. The number of nitrogens with one attached hydrogen (secondary N) is 2. The fourth-order valence-corrected chi connectivity index (χ4v) is 5.01. The molecule has 3 aromatic rings. The molecule has 1 aliphatic rings. The molecule has 0 atom stereocenters. The van der Waals surface area contributed by atoms with Gasteiger partial charge in [-0.2, -0.15) is 0 Å². The van der Waals surface area contributed by atoms with Crippen LogP contribution in [0.15, 0.2) is 70.0 Å². The van der Waals surface area contributed by atoms with Gasteiger partial charge in [-0.15, -0.1) is 0 Å². The lowest BCUT2D eigenvalue weighted by Crippen LogP contribution is -2.37. The summed E-state index contributed by atoms with van der Waals surface area (Å²) in [5.74, 6) is 1.26. The number of carbonyl (C=O) groups excluding carboxylic acids is 1. The number of benzene rings is 2. The predicted molar refractivity (Wildman–Crippen MR) is 134 cm³/mol. The van der Waals surface area contributed by atoms with E-state index in [1.54, 1.807) is 54.6 Å². The number of nitrogens with zero attached hydrogens (tertiary/aromatic N) is 1. The molecule has 4 rings (SSSR count). The molecule has 0 bridgehead atoms. The van der Waals surface area contributed by atoms with Gasteiger partial charge >= 0.3 is 0 Å². The zero-order chi connectivity index (χ0) is 24.8. The van der Waals surface area contributed by atoms with Crippen LogP contribution in [0.2, 0.25) is 0 Å². The first-order valence-corrected chi connectivity index (χ1v) is 12.5. The van der Waals surface area contributed by atoms with Crippen LogP contribution in [0.4, 0.5) is 17.1 Å². The number of rotatable bonds is 8. The molecule has 2 aromatic carbocycles. The number of furan rings is 1. The van der Waals surface area contributed by atoms with E-state index in [1.165, 1.54) is 19.3 Å². The Kier molecular flexibility index (Phi) is 7.42. The van der Waals surface area contributed by atoms with Crippen LogP contribution in [0.3, 0.4) is 0 Å². The quantitative estimate of drug-likeness (QED) is 0.455. The predicted octanol–water partition coefficient (Wildman–Crippen LogP) is 3.89. The molecule has 1 fully saturated rings. The van der Waals surface area contributed by atoms with E-state index in [0.29, 0.717) is 54.9 Å². The van der Waals surface area contributed by atoms with Crippen LogP contribution < -0.4 is 19.7 Å². The molecule has 1 aromatic heterocycles. The van der Waals surface area contributed by atoms with E-state index in [9.17, 15) is 13.2 Å². The van der Waals surface area contributed by atoms with Crippen LogP contribution in [-0.4, -0.2) is 47.7 Å². The van der Waals surface area contributed by atoms with Gasteiger partial charge in [0.2, 0.25) is 5.91 Å². The Hall–Kier alpha value is -3.76. The zero-order valence-electron chi connectivity index (χ0n) is 19.5. The second kappa shape index (κ2) is 10.7. The first-order valence-electron chi connectivity index (χ1n) is 11.0. The van der Waals surface area contributed by atoms with Gasteiger partial charge in [0.15, 0.2) is 0 Å². The zero-order valence-corrected chi connectivity index (χ0v) is 20.3. The second-order valence-corrected chi connectivity index (χ2v) is 9.51. The lowest BCUT2D eigenvalue weighted by molar-refractivity contribution is -0.111. The Morgan fingerprint density at radius 3 is 2.57 bits per heavy atom. The fourth-order valence-electron chi connectivity index (χ4n) is 3.69. The summed E-state index contributed by atoms with van der Waals surface area (Å²) in [6.45, 7) is 3.90. The van der Waals surface area contributed by atoms with Crippen molar-refractivity contribution in [1.82, 2.24) is 0 Å². The number of sulfonamides is 1. The third kappa shape index (κ3) is 6.03.